The lowest BCUT2D eigenvalue weighted by Gasteiger charge is -2.23. The Labute approximate surface area is 145 Å². The van der Waals surface area contributed by atoms with Gasteiger partial charge in [-0.3, -0.25) is 0 Å². The summed E-state index contributed by atoms with van der Waals surface area (Å²) in [7, 11) is 0. The normalized spacial score (nSPS) is 12.0. The van der Waals surface area contributed by atoms with Gasteiger partial charge in [-0.05, 0) is 67.2 Å². The molecule has 2 aromatic carbocycles. The van der Waals surface area contributed by atoms with E-state index in [0.29, 0.717) is 11.0 Å². The molecule has 3 heteroatoms. The van der Waals surface area contributed by atoms with Crippen LogP contribution < -0.4 is 10.6 Å². The van der Waals surface area contributed by atoms with Gasteiger partial charge in [0.25, 0.3) is 0 Å². The number of hydrogen-bond donors (Lipinski definition) is 2. The van der Waals surface area contributed by atoms with Crippen LogP contribution in [-0.2, 0) is 0 Å². The maximum Gasteiger partial charge on any atom is 0.171 e. The maximum absolute atomic E-state index is 5.52. The molecule has 0 heterocycles. The third-order valence-electron chi connectivity index (χ3n) is 3.98. The van der Waals surface area contributed by atoms with Gasteiger partial charge in [0.1, 0.15) is 0 Å². The molecule has 0 spiro atoms. The minimum absolute atomic E-state index is 0.225. The molecular formula is C20H26N2S. The number of hydrogen-bond acceptors (Lipinski definition) is 1. The lowest BCUT2D eigenvalue weighted by molar-refractivity contribution is 0.481. The van der Waals surface area contributed by atoms with E-state index in [2.05, 4.69) is 80.8 Å². The summed E-state index contributed by atoms with van der Waals surface area (Å²) in [6.45, 7) is 8.70. The molecule has 0 saturated heterocycles. The highest BCUT2D eigenvalue weighted by Gasteiger charge is 2.14. The molecule has 0 unspecified atom stereocenters. The number of thiocarbonyl (C=S) groups is 1. The van der Waals surface area contributed by atoms with Crippen LogP contribution >= 0.6 is 12.2 Å². The van der Waals surface area contributed by atoms with Crippen LogP contribution in [0, 0.1) is 19.8 Å². The topological polar surface area (TPSA) is 24.1 Å². The van der Waals surface area contributed by atoms with Crippen LogP contribution in [0.2, 0.25) is 0 Å². The van der Waals surface area contributed by atoms with Crippen molar-refractivity contribution >= 4 is 23.0 Å². The third-order valence-corrected chi connectivity index (χ3v) is 4.20. The Kier molecular flexibility index (Phi) is 6.17. The van der Waals surface area contributed by atoms with Crippen LogP contribution in [0.5, 0.6) is 0 Å². The largest absolute Gasteiger partial charge is 0.356 e. The summed E-state index contributed by atoms with van der Waals surface area (Å²) in [6.07, 6.45) is 1.04. The molecule has 23 heavy (non-hydrogen) atoms. The fraction of sp³-hybridized carbons (Fsp3) is 0.350. The van der Waals surface area contributed by atoms with Crippen molar-refractivity contribution in [3.8, 4) is 0 Å². The summed E-state index contributed by atoms with van der Waals surface area (Å²) in [4.78, 5) is 0. The summed E-state index contributed by atoms with van der Waals surface area (Å²) in [5, 5.41) is 7.44. The average Bonchev–Trinajstić information content (AvgIpc) is 2.51. The molecule has 0 aromatic heterocycles. The smallest absolute Gasteiger partial charge is 0.171 e. The maximum atomic E-state index is 5.52. The second kappa shape index (κ2) is 8.11. The van der Waals surface area contributed by atoms with Gasteiger partial charge in [0.05, 0.1) is 6.04 Å². The molecule has 2 N–H and O–H groups in total. The number of anilines is 1. The summed E-state index contributed by atoms with van der Waals surface area (Å²) in [6, 6.07) is 17.0. The van der Waals surface area contributed by atoms with E-state index in [4.69, 9.17) is 12.2 Å². The van der Waals surface area contributed by atoms with E-state index in [1.165, 1.54) is 16.7 Å². The summed E-state index contributed by atoms with van der Waals surface area (Å²) >= 11 is 5.52. The van der Waals surface area contributed by atoms with E-state index in [0.717, 1.165) is 12.1 Å². The van der Waals surface area contributed by atoms with Gasteiger partial charge in [0.15, 0.2) is 5.11 Å². The Hall–Kier alpha value is -1.87. The van der Waals surface area contributed by atoms with Crippen molar-refractivity contribution in [3.63, 3.8) is 0 Å². The average molecular weight is 327 g/mol. The molecule has 0 aliphatic carbocycles. The summed E-state index contributed by atoms with van der Waals surface area (Å²) in [5.74, 6) is 0.595. The van der Waals surface area contributed by atoms with Gasteiger partial charge in [0, 0.05) is 5.69 Å². The third kappa shape index (κ3) is 5.36. The van der Waals surface area contributed by atoms with E-state index in [9.17, 15) is 0 Å². The zero-order valence-electron chi connectivity index (χ0n) is 14.4. The summed E-state index contributed by atoms with van der Waals surface area (Å²) in [5.41, 5.74) is 4.85. The van der Waals surface area contributed by atoms with E-state index >= 15 is 0 Å². The minimum Gasteiger partial charge on any atom is -0.356 e. The van der Waals surface area contributed by atoms with Crippen LogP contribution in [0.15, 0.2) is 48.5 Å². The van der Waals surface area contributed by atoms with Gasteiger partial charge >= 0.3 is 0 Å². The van der Waals surface area contributed by atoms with Gasteiger partial charge in [-0.2, -0.15) is 0 Å². The second-order valence-corrected chi connectivity index (χ2v) is 6.90. The molecule has 2 rings (SSSR count). The van der Waals surface area contributed by atoms with Crippen molar-refractivity contribution < 1.29 is 0 Å². The lowest BCUT2D eigenvalue weighted by Crippen LogP contribution is -2.33. The Morgan fingerprint density at radius 3 is 2.30 bits per heavy atom. The van der Waals surface area contributed by atoms with Crippen LogP contribution in [0.4, 0.5) is 5.69 Å². The van der Waals surface area contributed by atoms with Crippen molar-refractivity contribution in [1.29, 1.82) is 0 Å². The first-order chi connectivity index (χ1) is 11.0. The quantitative estimate of drug-likeness (QED) is 0.722. The molecule has 0 fully saturated rings. The van der Waals surface area contributed by atoms with Gasteiger partial charge in [-0.1, -0.05) is 50.2 Å². The highest BCUT2D eigenvalue weighted by Crippen LogP contribution is 2.21. The molecule has 0 saturated carbocycles. The van der Waals surface area contributed by atoms with E-state index < -0.39 is 0 Å². The first-order valence-corrected chi connectivity index (χ1v) is 8.56. The van der Waals surface area contributed by atoms with E-state index in [-0.39, 0.29) is 6.04 Å². The molecule has 0 aliphatic rings. The summed E-state index contributed by atoms with van der Waals surface area (Å²) < 4.78 is 0. The zero-order valence-corrected chi connectivity index (χ0v) is 15.2. The van der Waals surface area contributed by atoms with Crippen LogP contribution in [0.1, 0.15) is 43.0 Å². The van der Waals surface area contributed by atoms with Crippen LogP contribution in [-0.4, -0.2) is 5.11 Å². The molecule has 1 atom stereocenters. The van der Waals surface area contributed by atoms with Crippen LogP contribution in [0.25, 0.3) is 0 Å². The molecule has 2 nitrogen and oxygen atoms in total. The first kappa shape index (κ1) is 17.5. The van der Waals surface area contributed by atoms with Gasteiger partial charge in [0.2, 0.25) is 0 Å². The number of aryl methyl sites for hydroxylation is 2. The van der Waals surface area contributed by atoms with Crippen molar-refractivity contribution in [2.75, 3.05) is 5.32 Å². The minimum atomic E-state index is 0.225. The molecule has 122 valence electrons. The van der Waals surface area contributed by atoms with Gasteiger partial charge < -0.3 is 10.6 Å². The number of nitrogens with one attached hydrogen (secondary N) is 2. The number of rotatable bonds is 5. The Morgan fingerprint density at radius 2 is 1.70 bits per heavy atom. The van der Waals surface area contributed by atoms with E-state index in [1.807, 2.05) is 6.07 Å². The van der Waals surface area contributed by atoms with Crippen molar-refractivity contribution in [2.24, 2.45) is 5.92 Å². The Morgan fingerprint density at radius 1 is 1.00 bits per heavy atom. The Balaban J connectivity index is 2.06. The molecule has 0 bridgehead atoms. The van der Waals surface area contributed by atoms with Crippen molar-refractivity contribution in [3.05, 3.63) is 65.2 Å². The molecule has 0 aliphatic heterocycles. The zero-order chi connectivity index (χ0) is 16.8. The van der Waals surface area contributed by atoms with Crippen LogP contribution in [0.3, 0.4) is 0 Å². The molecule has 2 aromatic rings. The molecule has 0 radical (unpaired) electrons. The first-order valence-electron chi connectivity index (χ1n) is 8.15. The highest BCUT2D eigenvalue weighted by molar-refractivity contribution is 7.80. The highest BCUT2D eigenvalue weighted by atomic mass is 32.1. The van der Waals surface area contributed by atoms with Gasteiger partial charge in [-0.25, -0.2) is 0 Å². The standard InChI is InChI=1S/C20H26N2S/c1-14(2)12-19(17-8-6-5-7-9-17)22-20(23)21-18-11-10-15(3)16(4)13-18/h5-11,13-14,19H,12H2,1-4H3,(H2,21,22,23)/t19-/m1/s1. The fourth-order valence-electron chi connectivity index (χ4n) is 2.58. The second-order valence-electron chi connectivity index (χ2n) is 6.49. The predicted molar refractivity (Wildman–Crippen MR) is 104 cm³/mol. The van der Waals surface area contributed by atoms with E-state index in [1.54, 1.807) is 0 Å². The van der Waals surface area contributed by atoms with Gasteiger partial charge in [-0.15, -0.1) is 0 Å². The van der Waals surface area contributed by atoms with Crippen molar-refractivity contribution in [2.45, 2.75) is 40.2 Å². The molecular weight excluding hydrogens is 300 g/mol. The SMILES string of the molecule is Cc1ccc(NC(=S)N[C@H](CC(C)C)c2ccccc2)cc1C. The lowest BCUT2D eigenvalue weighted by atomic mass is 9.97. The number of benzene rings is 2. The monoisotopic (exact) mass is 326 g/mol. The molecule has 0 amide bonds. The van der Waals surface area contributed by atoms with Crippen molar-refractivity contribution in [1.82, 2.24) is 5.32 Å². The predicted octanol–water partition coefficient (Wildman–Crippen LogP) is 5.38. The fourth-order valence-corrected chi connectivity index (χ4v) is 2.84. The Bertz CT molecular complexity index is 650.